The van der Waals surface area contributed by atoms with Crippen molar-refractivity contribution in [2.75, 3.05) is 18.0 Å². The van der Waals surface area contributed by atoms with Gasteiger partial charge in [0.25, 0.3) is 0 Å². The summed E-state index contributed by atoms with van der Waals surface area (Å²) < 4.78 is 0. The van der Waals surface area contributed by atoms with Crippen LogP contribution in [-0.2, 0) is 6.54 Å². The number of nitrogens with zero attached hydrogens (tertiary/aromatic N) is 1. The molecule has 2 aliphatic rings. The fourth-order valence-electron chi connectivity index (χ4n) is 4.02. The van der Waals surface area contributed by atoms with Crippen molar-refractivity contribution in [2.24, 2.45) is 17.6 Å². The third-order valence-corrected chi connectivity index (χ3v) is 5.13. The van der Waals surface area contributed by atoms with Gasteiger partial charge in [-0.05, 0) is 48.8 Å². The zero-order chi connectivity index (χ0) is 13.2. The summed E-state index contributed by atoms with van der Waals surface area (Å²) in [5.41, 5.74) is 9.78. The van der Waals surface area contributed by atoms with Gasteiger partial charge >= 0.3 is 0 Å². The maximum atomic E-state index is 5.72. The maximum absolute atomic E-state index is 5.72. The van der Waals surface area contributed by atoms with Crippen LogP contribution >= 0.6 is 0 Å². The van der Waals surface area contributed by atoms with E-state index in [0.717, 1.165) is 11.8 Å². The highest BCUT2D eigenvalue weighted by Crippen LogP contribution is 2.38. The first kappa shape index (κ1) is 13.0. The summed E-state index contributed by atoms with van der Waals surface area (Å²) in [6.07, 6.45) is 7.22. The van der Waals surface area contributed by atoms with Crippen LogP contribution in [0.2, 0.25) is 0 Å². The summed E-state index contributed by atoms with van der Waals surface area (Å²) in [5.74, 6) is 1.95. The molecule has 1 heterocycles. The molecule has 104 valence electrons. The van der Waals surface area contributed by atoms with Crippen molar-refractivity contribution in [3.63, 3.8) is 0 Å². The molecule has 2 nitrogen and oxygen atoms in total. The molecule has 1 saturated heterocycles. The minimum absolute atomic E-state index is 0.645. The van der Waals surface area contributed by atoms with E-state index in [1.54, 1.807) is 0 Å². The molecule has 1 aromatic rings. The molecule has 1 aliphatic heterocycles. The number of aryl methyl sites for hydroxylation is 1. The van der Waals surface area contributed by atoms with Crippen molar-refractivity contribution in [3.8, 4) is 0 Å². The highest BCUT2D eigenvalue weighted by molar-refractivity contribution is 5.54. The molecule has 0 bridgehead atoms. The Kier molecular flexibility index (Phi) is 3.79. The lowest BCUT2D eigenvalue weighted by Gasteiger charge is -2.42. The van der Waals surface area contributed by atoms with Crippen LogP contribution in [0.1, 0.15) is 43.2 Å². The number of piperidine rings is 1. The van der Waals surface area contributed by atoms with Gasteiger partial charge in [0.2, 0.25) is 0 Å². The van der Waals surface area contributed by atoms with Crippen molar-refractivity contribution in [3.05, 3.63) is 29.3 Å². The SMILES string of the molecule is Cc1cc(CN)ccc1N1CCC2CCCCC2C1. The summed E-state index contributed by atoms with van der Waals surface area (Å²) in [5, 5.41) is 0. The molecule has 2 fully saturated rings. The second kappa shape index (κ2) is 5.54. The number of rotatable bonds is 2. The standard InChI is InChI=1S/C17H26N2/c1-13-10-14(11-18)6-7-17(13)19-9-8-15-4-2-3-5-16(15)12-19/h6-7,10,15-16H,2-5,8-9,11-12,18H2,1H3. The van der Waals surface area contributed by atoms with Crippen LogP contribution < -0.4 is 10.6 Å². The molecule has 0 spiro atoms. The second-order valence-electron chi connectivity index (χ2n) is 6.36. The molecule has 1 aromatic carbocycles. The molecule has 1 saturated carbocycles. The molecule has 2 unspecified atom stereocenters. The van der Waals surface area contributed by atoms with Crippen LogP contribution in [0.3, 0.4) is 0 Å². The molecule has 1 aliphatic carbocycles. The normalized spacial score (nSPS) is 27.2. The Morgan fingerprint density at radius 3 is 2.68 bits per heavy atom. The molecule has 19 heavy (non-hydrogen) atoms. The number of benzene rings is 1. The van der Waals surface area contributed by atoms with Crippen LogP contribution in [0.4, 0.5) is 5.69 Å². The van der Waals surface area contributed by atoms with Gasteiger partial charge in [0.1, 0.15) is 0 Å². The van der Waals surface area contributed by atoms with Gasteiger partial charge in [-0.25, -0.2) is 0 Å². The summed E-state index contributed by atoms with van der Waals surface area (Å²) in [6.45, 7) is 5.38. The Morgan fingerprint density at radius 2 is 1.95 bits per heavy atom. The van der Waals surface area contributed by atoms with E-state index in [1.807, 2.05) is 0 Å². The van der Waals surface area contributed by atoms with Crippen LogP contribution in [0.15, 0.2) is 18.2 Å². The van der Waals surface area contributed by atoms with Crippen molar-refractivity contribution >= 4 is 5.69 Å². The summed E-state index contributed by atoms with van der Waals surface area (Å²) in [4.78, 5) is 2.61. The topological polar surface area (TPSA) is 29.3 Å². The quantitative estimate of drug-likeness (QED) is 0.880. The van der Waals surface area contributed by atoms with Gasteiger partial charge in [0.15, 0.2) is 0 Å². The van der Waals surface area contributed by atoms with Gasteiger partial charge in [-0.3, -0.25) is 0 Å². The Morgan fingerprint density at radius 1 is 1.16 bits per heavy atom. The lowest BCUT2D eigenvalue weighted by atomic mass is 9.75. The largest absolute Gasteiger partial charge is 0.371 e. The first-order chi connectivity index (χ1) is 9.28. The average molecular weight is 258 g/mol. The number of hydrogen-bond acceptors (Lipinski definition) is 2. The average Bonchev–Trinajstić information content (AvgIpc) is 2.46. The van der Waals surface area contributed by atoms with E-state index in [2.05, 4.69) is 30.0 Å². The van der Waals surface area contributed by atoms with Crippen molar-refractivity contribution < 1.29 is 0 Å². The van der Waals surface area contributed by atoms with E-state index in [9.17, 15) is 0 Å². The predicted molar refractivity (Wildman–Crippen MR) is 81.3 cm³/mol. The third-order valence-electron chi connectivity index (χ3n) is 5.13. The number of nitrogens with two attached hydrogens (primary N) is 1. The molecule has 0 aromatic heterocycles. The second-order valence-corrected chi connectivity index (χ2v) is 6.36. The van der Waals surface area contributed by atoms with Gasteiger partial charge in [-0.2, -0.15) is 0 Å². The van der Waals surface area contributed by atoms with Crippen LogP contribution in [-0.4, -0.2) is 13.1 Å². The zero-order valence-corrected chi connectivity index (χ0v) is 12.1. The fourth-order valence-corrected chi connectivity index (χ4v) is 4.02. The van der Waals surface area contributed by atoms with E-state index >= 15 is 0 Å². The lowest BCUT2D eigenvalue weighted by molar-refractivity contribution is 0.202. The minimum Gasteiger partial charge on any atom is -0.371 e. The van der Waals surface area contributed by atoms with Gasteiger partial charge in [0.05, 0.1) is 0 Å². The minimum atomic E-state index is 0.645. The van der Waals surface area contributed by atoms with Crippen molar-refractivity contribution in [2.45, 2.75) is 45.6 Å². The zero-order valence-electron chi connectivity index (χ0n) is 12.1. The number of hydrogen-bond donors (Lipinski definition) is 1. The molecule has 2 heteroatoms. The van der Waals surface area contributed by atoms with E-state index in [0.29, 0.717) is 6.54 Å². The van der Waals surface area contributed by atoms with Crippen LogP contribution in [0, 0.1) is 18.8 Å². The number of fused-ring (bicyclic) bond motifs is 1. The monoisotopic (exact) mass is 258 g/mol. The molecule has 0 radical (unpaired) electrons. The highest BCUT2D eigenvalue weighted by Gasteiger charge is 2.31. The molecule has 2 N–H and O–H groups in total. The predicted octanol–water partition coefficient (Wildman–Crippen LogP) is 3.47. The summed E-state index contributed by atoms with van der Waals surface area (Å²) in [6, 6.07) is 6.72. The van der Waals surface area contributed by atoms with Crippen LogP contribution in [0.5, 0.6) is 0 Å². The first-order valence-electron chi connectivity index (χ1n) is 7.82. The molecular formula is C17H26N2. The fraction of sp³-hybridized carbons (Fsp3) is 0.647. The Bertz CT molecular complexity index is 441. The van der Waals surface area contributed by atoms with Gasteiger partial charge in [-0.1, -0.05) is 31.4 Å². The maximum Gasteiger partial charge on any atom is 0.0396 e. The number of anilines is 1. The Balaban J connectivity index is 1.75. The van der Waals surface area contributed by atoms with Gasteiger partial charge in [-0.15, -0.1) is 0 Å². The van der Waals surface area contributed by atoms with E-state index < -0.39 is 0 Å². The first-order valence-corrected chi connectivity index (χ1v) is 7.82. The van der Waals surface area contributed by atoms with E-state index in [1.165, 1.54) is 62.0 Å². The van der Waals surface area contributed by atoms with E-state index in [-0.39, 0.29) is 0 Å². The lowest BCUT2D eigenvalue weighted by Crippen LogP contribution is -2.42. The van der Waals surface area contributed by atoms with Crippen LogP contribution in [0.25, 0.3) is 0 Å². The van der Waals surface area contributed by atoms with Crippen molar-refractivity contribution in [1.29, 1.82) is 0 Å². The Labute approximate surface area is 117 Å². The smallest absolute Gasteiger partial charge is 0.0396 e. The molecule has 3 rings (SSSR count). The van der Waals surface area contributed by atoms with Gasteiger partial charge < -0.3 is 10.6 Å². The Hall–Kier alpha value is -1.02. The summed E-state index contributed by atoms with van der Waals surface area (Å²) >= 11 is 0. The van der Waals surface area contributed by atoms with Crippen molar-refractivity contribution in [1.82, 2.24) is 0 Å². The third kappa shape index (κ3) is 2.64. The van der Waals surface area contributed by atoms with E-state index in [4.69, 9.17) is 5.73 Å². The highest BCUT2D eigenvalue weighted by atomic mass is 15.1. The molecule has 2 atom stereocenters. The van der Waals surface area contributed by atoms with Gasteiger partial charge in [0, 0.05) is 25.3 Å². The molecular weight excluding hydrogens is 232 g/mol. The summed E-state index contributed by atoms with van der Waals surface area (Å²) in [7, 11) is 0. The molecule has 0 amide bonds.